The minimum Gasteiger partial charge on any atom is -0.383 e. The lowest BCUT2D eigenvalue weighted by Crippen LogP contribution is -2.43. The number of halogens is 1. The van der Waals surface area contributed by atoms with Crippen molar-refractivity contribution in [1.29, 1.82) is 0 Å². The van der Waals surface area contributed by atoms with Crippen molar-refractivity contribution in [3.8, 4) is 0 Å². The molecule has 1 N–H and O–H groups in total. The Hall–Kier alpha value is -0.550. The molecule has 1 fully saturated rings. The number of methoxy groups -OCH3 is 1. The molecule has 0 amide bonds. The number of aryl methyl sites for hydroxylation is 1. The minimum atomic E-state index is -3.67. The van der Waals surface area contributed by atoms with Gasteiger partial charge in [0.15, 0.2) is 4.60 Å². The van der Waals surface area contributed by atoms with E-state index in [0.717, 1.165) is 19.4 Å². The van der Waals surface area contributed by atoms with E-state index in [1.807, 2.05) is 0 Å². The fourth-order valence-electron chi connectivity index (χ4n) is 2.38. The van der Waals surface area contributed by atoms with Crippen molar-refractivity contribution >= 4 is 26.0 Å². The lowest BCUT2D eigenvalue weighted by molar-refractivity contribution is 0.176. The van der Waals surface area contributed by atoms with Gasteiger partial charge in [0.25, 0.3) is 10.0 Å². The van der Waals surface area contributed by atoms with E-state index in [1.54, 1.807) is 14.2 Å². The normalized spacial score (nSPS) is 19.5. The SMILES string of the molecule is COCCN(CC1CCCN1)S(=O)(=O)c1c(Br)nnn1C. The number of hydrogen-bond donors (Lipinski definition) is 1. The fourth-order valence-corrected chi connectivity index (χ4v) is 4.88. The molecule has 1 unspecified atom stereocenters. The molecular formula is C11H20BrN5O3S. The van der Waals surface area contributed by atoms with Crippen LogP contribution in [0.4, 0.5) is 0 Å². The second-order valence-corrected chi connectivity index (χ2v) is 7.56. The highest BCUT2D eigenvalue weighted by Crippen LogP contribution is 2.23. The second kappa shape index (κ2) is 7.14. The van der Waals surface area contributed by atoms with Gasteiger partial charge in [-0.3, -0.25) is 0 Å². The lowest BCUT2D eigenvalue weighted by atomic mass is 10.2. The summed E-state index contributed by atoms with van der Waals surface area (Å²) >= 11 is 3.15. The van der Waals surface area contributed by atoms with Crippen molar-refractivity contribution < 1.29 is 13.2 Å². The Bertz CT molecular complexity index is 551. The lowest BCUT2D eigenvalue weighted by Gasteiger charge is -2.24. The van der Waals surface area contributed by atoms with Gasteiger partial charge in [0.05, 0.1) is 6.61 Å². The number of nitrogens with zero attached hydrogens (tertiary/aromatic N) is 4. The van der Waals surface area contributed by atoms with Gasteiger partial charge in [-0.15, -0.1) is 5.10 Å². The molecule has 120 valence electrons. The van der Waals surface area contributed by atoms with Crippen LogP contribution in [-0.2, 0) is 21.8 Å². The molecule has 0 aliphatic carbocycles. The third-order valence-corrected chi connectivity index (χ3v) is 6.21. The Labute approximate surface area is 133 Å². The first kappa shape index (κ1) is 16.8. The summed E-state index contributed by atoms with van der Waals surface area (Å²) in [5, 5.41) is 10.9. The molecule has 2 rings (SSSR count). The number of hydrogen-bond acceptors (Lipinski definition) is 6. The van der Waals surface area contributed by atoms with Crippen LogP contribution in [0.5, 0.6) is 0 Å². The van der Waals surface area contributed by atoms with Crippen LogP contribution >= 0.6 is 15.9 Å². The monoisotopic (exact) mass is 381 g/mol. The summed E-state index contributed by atoms with van der Waals surface area (Å²) in [5.41, 5.74) is 0. The number of nitrogens with one attached hydrogen (secondary N) is 1. The van der Waals surface area contributed by atoms with Gasteiger partial charge in [0.2, 0.25) is 5.03 Å². The molecule has 1 aromatic heterocycles. The van der Waals surface area contributed by atoms with Crippen molar-refractivity contribution in [2.45, 2.75) is 23.9 Å². The number of aromatic nitrogens is 3. The van der Waals surface area contributed by atoms with Gasteiger partial charge in [-0.25, -0.2) is 13.1 Å². The topological polar surface area (TPSA) is 89.3 Å². The van der Waals surface area contributed by atoms with E-state index in [4.69, 9.17) is 4.74 Å². The molecular weight excluding hydrogens is 362 g/mol. The fraction of sp³-hybridized carbons (Fsp3) is 0.818. The molecule has 0 bridgehead atoms. The van der Waals surface area contributed by atoms with Crippen molar-refractivity contribution in [3.63, 3.8) is 0 Å². The summed E-state index contributed by atoms with van der Waals surface area (Å²) in [5.74, 6) is 0. The zero-order chi connectivity index (χ0) is 15.5. The van der Waals surface area contributed by atoms with Crippen LogP contribution in [-0.4, -0.2) is 67.1 Å². The van der Waals surface area contributed by atoms with E-state index in [2.05, 4.69) is 31.6 Å². The van der Waals surface area contributed by atoms with Crippen LogP contribution < -0.4 is 5.32 Å². The van der Waals surface area contributed by atoms with Gasteiger partial charge in [0, 0.05) is 33.3 Å². The van der Waals surface area contributed by atoms with Crippen molar-refractivity contribution in [2.75, 3.05) is 33.4 Å². The van der Waals surface area contributed by atoms with Gasteiger partial charge >= 0.3 is 0 Å². The number of ether oxygens (including phenoxy) is 1. The molecule has 0 spiro atoms. The molecule has 0 radical (unpaired) electrons. The molecule has 1 aromatic rings. The first-order valence-corrected chi connectivity index (χ1v) is 8.97. The number of rotatable bonds is 7. The summed E-state index contributed by atoms with van der Waals surface area (Å²) in [6.45, 7) is 1.99. The highest BCUT2D eigenvalue weighted by atomic mass is 79.9. The highest BCUT2D eigenvalue weighted by Gasteiger charge is 2.33. The maximum atomic E-state index is 12.8. The van der Waals surface area contributed by atoms with Gasteiger partial charge in [-0.1, -0.05) is 5.21 Å². The first-order chi connectivity index (χ1) is 9.96. The summed E-state index contributed by atoms with van der Waals surface area (Å²) in [7, 11) is -0.556. The van der Waals surface area contributed by atoms with Crippen molar-refractivity contribution in [3.05, 3.63) is 4.60 Å². The van der Waals surface area contributed by atoms with E-state index in [0.29, 0.717) is 19.7 Å². The quantitative estimate of drug-likeness (QED) is 0.712. The Morgan fingerprint density at radius 1 is 1.57 bits per heavy atom. The molecule has 1 saturated heterocycles. The van der Waals surface area contributed by atoms with E-state index in [1.165, 1.54) is 8.99 Å². The maximum absolute atomic E-state index is 12.8. The van der Waals surface area contributed by atoms with Gasteiger partial charge < -0.3 is 10.1 Å². The Morgan fingerprint density at radius 2 is 2.33 bits per heavy atom. The van der Waals surface area contributed by atoms with E-state index < -0.39 is 10.0 Å². The van der Waals surface area contributed by atoms with E-state index in [-0.39, 0.29) is 15.7 Å². The van der Waals surface area contributed by atoms with Crippen molar-refractivity contribution in [2.24, 2.45) is 7.05 Å². The zero-order valence-electron chi connectivity index (χ0n) is 12.1. The number of sulfonamides is 1. The highest BCUT2D eigenvalue weighted by molar-refractivity contribution is 9.10. The third kappa shape index (κ3) is 3.81. The average Bonchev–Trinajstić information content (AvgIpc) is 3.04. The van der Waals surface area contributed by atoms with Gasteiger partial charge in [-0.05, 0) is 35.3 Å². The smallest absolute Gasteiger partial charge is 0.263 e. The standard InChI is InChI=1S/C11H20BrN5O3S/c1-16-11(10(12)14-15-16)21(18,19)17(6-7-20-2)8-9-4-3-5-13-9/h9,13H,3-8H2,1-2H3. The second-order valence-electron chi connectivity index (χ2n) is 4.96. The molecule has 0 saturated carbocycles. The summed E-state index contributed by atoms with van der Waals surface area (Å²) in [4.78, 5) is 0. The predicted octanol–water partition coefficient (Wildman–Crippen LogP) is -0.0333. The van der Waals surface area contributed by atoms with Crippen LogP contribution in [0.1, 0.15) is 12.8 Å². The van der Waals surface area contributed by atoms with Crippen LogP contribution in [0.25, 0.3) is 0 Å². The largest absolute Gasteiger partial charge is 0.383 e. The summed E-state index contributed by atoms with van der Waals surface area (Å²) in [6, 6.07) is 0.177. The summed E-state index contributed by atoms with van der Waals surface area (Å²) in [6.07, 6.45) is 2.05. The van der Waals surface area contributed by atoms with Crippen LogP contribution in [0.15, 0.2) is 9.63 Å². The molecule has 1 atom stereocenters. The Kier molecular flexibility index (Phi) is 5.72. The molecule has 0 aromatic carbocycles. The minimum absolute atomic E-state index is 0.0663. The predicted molar refractivity (Wildman–Crippen MR) is 80.4 cm³/mol. The Balaban J connectivity index is 2.25. The molecule has 2 heterocycles. The average molecular weight is 382 g/mol. The summed E-state index contributed by atoms with van der Waals surface area (Å²) < 4.78 is 33.6. The molecule has 10 heteroatoms. The third-order valence-electron chi connectivity index (χ3n) is 3.45. The van der Waals surface area contributed by atoms with E-state index >= 15 is 0 Å². The van der Waals surface area contributed by atoms with E-state index in [9.17, 15) is 8.42 Å². The maximum Gasteiger partial charge on any atom is 0.263 e. The van der Waals surface area contributed by atoms with Crippen molar-refractivity contribution in [1.82, 2.24) is 24.6 Å². The zero-order valence-corrected chi connectivity index (χ0v) is 14.5. The van der Waals surface area contributed by atoms with Crippen LogP contribution in [0, 0.1) is 0 Å². The van der Waals surface area contributed by atoms with Gasteiger partial charge in [-0.2, -0.15) is 4.31 Å². The van der Waals surface area contributed by atoms with Crippen LogP contribution in [0.2, 0.25) is 0 Å². The molecule has 1 aliphatic rings. The van der Waals surface area contributed by atoms with Crippen LogP contribution in [0.3, 0.4) is 0 Å². The first-order valence-electron chi connectivity index (χ1n) is 6.74. The molecule has 8 nitrogen and oxygen atoms in total. The Morgan fingerprint density at radius 3 is 2.86 bits per heavy atom. The molecule has 21 heavy (non-hydrogen) atoms. The van der Waals surface area contributed by atoms with Gasteiger partial charge in [0.1, 0.15) is 0 Å². The molecule has 1 aliphatic heterocycles.